The van der Waals surface area contributed by atoms with Crippen LogP contribution in [0.2, 0.25) is 10.0 Å². The quantitative estimate of drug-likeness (QED) is 0.203. The molecule has 0 saturated heterocycles. The average Bonchev–Trinajstić information content (AvgIpc) is 2.83. The molecule has 0 radical (unpaired) electrons. The zero-order chi connectivity index (χ0) is 26.9. The Kier molecular flexibility index (Phi) is 9.43. The molecule has 2 N–H and O–H groups in total. The standard InChI is InChI=1S/C25H19Cl2N3O6S.Na/c1-13-7-9-18(21(27)24(13)37(33,34)35)29-30-22-16-6-4-3-5-14(16)11-17(23(22)31)25(32)28-19-12-15(26)8-10-20(19)36-2;/h3-12,31H,1-2H3,(H,28,32)(H,33,34,35);/q;+1/p-1. The summed E-state index contributed by atoms with van der Waals surface area (Å²) in [5.74, 6) is -1.11. The van der Waals surface area contributed by atoms with Crippen LogP contribution in [0.25, 0.3) is 10.8 Å². The molecule has 13 heteroatoms. The van der Waals surface area contributed by atoms with Crippen LogP contribution < -0.4 is 44.7 Å². The van der Waals surface area contributed by atoms with Gasteiger partial charge in [0.2, 0.25) is 0 Å². The van der Waals surface area contributed by atoms with E-state index in [2.05, 4.69) is 15.5 Å². The Hall–Kier alpha value is -2.70. The SMILES string of the molecule is COc1ccc(Cl)cc1NC(=O)c1cc2ccccc2c(N=Nc2ccc(C)c(S(=O)(=O)O)c2Cl)c1[O-].[Na+]. The zero-order valence-corrected chi connectivity index (χ0v) is 24.6. The van der Waals surface area contributed by atoms with Crippen molar-refractivity contribution in [1.29, 1.82) is 0 Å². The summed E-state index contributed by atoms with van der Waals surface area (Å²) in [7, 11) is -3.21. The van der Waals surface area contributed by atoms with Gasteiger partial charge >= 0.3 is 29.6 Å². The van der Waals surface area contributed by atoms with Crippen LogP contribution in [0.1, 0.15) is 15.9 Å². The van der Waals surface area contributed by atoms with Crippen molar-refractivity contribution in [3.8, 4) is 11.5 Å². The number of fused-ring (bicyclic) bond motifs is 1. The van der Waals surface area contributed by atoms with E-state index in [9.17, 15) is 22.9 Å². The van der Waals surface area contributed by atoms with Gasteiger partial charge in [0.05, 0.1) is 23.5 Å². The first-order valence-electron chi connectivity index (χ1n) is 10.6. The fraction of sp³-hybridized carbons (Fsp3) is 0.0800. The number of aryl methyl sites for hydroxylation is 1. The normalized spacial score (nSPS) is 11.4. The summed E-state index contributed by atoms with van der Waals surface area (Å²) < 4.78 is 38.3. The minimum atomic E-state index is -4.64. The zero-order valence-electron chi connectivity index (χ0n) is 20.3. The Morgan fingerprint density at radius 3 is 2.45 bits per heavy atom. The second kappa shape index (κ2) is 12.0. The molecule has 0 aromatic heterocycles. The minimum Gasteiger partial charge on any atom is -0.870 e. The number of azo groups is 1. The van der Waals surface area contributed by atoms with Gasteiger partial charge < -0.3 is 15.2 Å². The molecule has 0 spiro atoms. The number of anilines is 1. The number of benzene rings is 4. The number of carbonyl (C=O) groups excluding carboxylic acids is 1. The van der Waals surface area contributed by atoms with Gasteiger partial charge in [0, 0.05) is 16.0 Å². The fourth-order valence-corrected chi connectivity index (χ4v) is 5.21. The van der Waals surface area contributed by atoms with E-state index in [-0.39, 0.29) is 62.8 Å². The molecule has 0 heterocycles. The van der Waals surface area contributed by atoms with E-state index in [4.69, 9.17) is 27.9 Å². The van der Waals surface area contributed by atoms with Crippen molar-refractivity contribution in [2.45, 2.75) is 11.8 Å². The van der Waals surface area contributed by atoms with Gasteiger partial charge in [0.1, 0.15) is 16.3 Å². The summed E-state index contributed by atoms with van der Waals surface area (Å²) in [6.07, 6.45) is 0. The van der Waals surface area contributed by atoms with Crippen LogP contribution in [0.3, 0.4) is 0 Å². The van der Waals surface area contributed by atoms with Crippen LogP contribution in [0.15, 0.2) is 75.8 Å². The third-order valence-corrected chi connectivity index (χ3v) is 7.19. The van der Waals surface area contributed by atoms with E-state index in [0.717, 1.165) is 0 Å². The Bertz CT molecular complexity index is 1700. The van der Waals surface area contributed by atoms with Crippen LogP contribution in [0.5, 0.6) is 11.5 Å². The Morgan fingerprint density at radius 1 is 1.05 bits per heavy atom. The molecule has 0 saturated carbocycles. The molecule has 0 fully saturated rings. The molecule has 0 bridgehead atoms. The van der Waals surface area contributed by atoms with Crippen LogP contribution in [-0.2, 0) is 10.1 Å². The number of nitrogens with one attached hydrogen (secondary N) is 1. The van der Waals surface area contributed by atoms with Crippen molar-refractivity contribution in [2.75, 3.05) is 12.4 Å². The number of hydrogen-bond acceptors (Lipinski definition) is 7. The summed E-state index contributed by atoms with van der Waals surface area (Å²) in [6, 6.07) is 15.6. The first kappa shape index (κ1) is 29.9. The molecule has 0 atom stereocenters. The van der Waals surface area contributed by atoms with Crippen molar-refractivity contribution in [3.05, 3.63) is 81.8 Å². The molecule has 1 amide bonds. The number of carbonyl (C=O) groups is 1. The predicted octanol–water partition coefficient (Wildman–Crippen LogP) is 3.46. The Balaban J connectivity index is 0.00000400. The first-order chi connectivity index (χ1) is 17.5. The first-order valence-corrected chi connectivity index (χ1v) is 12.8. The number of nitrogens with zero attached hydrogens (tertiary/aromatic N) is 2. The second-order valence-corrected chi connectivity index (χ2v) is 10.0. The summed E-state index contributed by atoms with van der Waals surface area (Å²) in [5.41, 5.74) is -0.00649. The molecular formula is C25H18Cl2N3NaO6S. The van der Waals surface area contributed by atoms with E-state index in [1.807, 2.05) is 0 Å². The number of hydrogen-bond donors (Lipinski definition) is 2. The monoisotopic (exact) mass is 581 g/mol. The van der Waals surface area contributed by atoms with Gasteiger partial charge in [0.25, 0.3) is 16.0 Å². The number of rotatable bonds is 6. The van der Waals surface area contributed by atoms with Gasteiger partial charge in [-0.25, -0.2) is 0 Å². The molecule has 38 heavy (non-hydrogen) atoms. The van der Waals surface area contributed by atoms with E-state index < -0.39 is 26.7 Å². The van der Waals surface area contributed by atoms with E-state index in [1.165, 1.54) is 38.3 Å². The third-order valence-electron chi connectivity index (χ3n) is 5.42. The molecule has 0 aliphatic rings. The summed E-state index contributed by atoms with van der Waals surface area (Å²) >= 11 is 12.2. The second-order valence-electron chi connectivity index (χ2n) is 7.84. The van der Waals surface area contributed by atoms with Gasteiger partial charge in [-0.1, -0.05) is 59.3 Å². The van der Waals surface area contributed by atoms with Crippen molar-refractivity contribution in [1.82, 2.24) is 0 Å². The summed E-state index contributed by atoms with van der Waals surface area (Å²) in [5, 5.41) is 25.0. The van der Waals surface area contributed by atoms with Gasteiger partial charge in [-0.2, -0.15) is 13.5 Å². The summed E-state index contributed by atoms with van der Waals surface area (Å²) in [6.45, 7) is 1.45. The molecule has 0 aliphatic carbocycles. The van der Waals surface area contributed by atoms with Gasteiger partial charge in [-0.3, -0.25) is 9.35 Å². The Labute approximate surface area is 250 Å². The topological polar surface area (TPSA) is 140 Å². The molecule has 9 nitrogen and oxygen atoms in total. The molecule has 190 valence electrons. The van der Waals surface area contributed by atoms with Crippen LogP contribution in [0.4, 0.5) is 17.1 Å². The smallest absolute Gasteiger partial charge is 0.870 e. The largest absolute Gasteiger partial charge is 1.00 e. The van der Waals surface area contributed by atoms with Crippen LogP contribution in [-0.4, -0.2) is 26.0 Å². The van der Waals surface area contributed by atoms with Crippen molar-refractivity contribution in [2.24, 2.45) is 10.2 Å². The van der Waals surface area contributed by atoms with E-state index in [0.29, 0.717) is 21.5 Å². The molecule has 4 rings (SSSR count). The third kappa shape index (κ3) is 6.13. The molecular weight excluding hydrogens is 564 g/mol. The maximum atomic E-state index is 13.4. The number of halogens is 2. The minimum absolute atomic E-state index is 0. The molecule has 0 unspecified atom stereocenters. The maximum Gasteiger partial charge on any atom is 1.00 e. The van der Waals surface area contributed by atoms with E-state index in [1.54, 1.807) is 36.4 Å². The molecule has 0 aliphatic heterocycles. The molecule has 4 aromatic carbocycles. The Morgan fingerprint density at radius 2 is 1.76 bits per heavy atom. The predicted molar refractivity (Wildman–Crippen MR) is 140 cm³/mol. The average molecular weight is 582 g/mol. The van der Waals surface area contributed by atoms with Crippen LogP contribution >= 0.6 is 23.2 Å². The fourth-order valence-electron chi connectivity index (χ4n) is 3.68. The van der Waals surface area contributed by atoms with Crippen LogP contribution in [0, 0.1) is 6.92 Å². The van der Waals surface area contributed by atoms with Gasteiger partial charge in [-0.15, -0.1) is 5.11 Å². The summed E-state index contributed by atoms with van der Waals surface area (Å²) in [4.78, 5) is 12.6. The van der Waals surface area contributed by atoms with Gasteiger partial charge in [-0.05, 0) is 48.2 Å². The van der Waals surface area contributed by atoms with Crippen molar-refractivity contribution >= 4 is 67.1 Å². The number of amides is 1. The van der Waals surface area contributed by atoms with E-state index >= 15 is 0 Å². The van der Waals surface area contributed by atoms with Crippen molar-refractivity contribution in [3.63, 3.8) is 0 Å². The number of ether oxygens (including phenoxy) is 1. The molecule has 4 aromatic rings. The maximum absolute atomic E-state index is 13.4. The van der Waals surface area contributed by atoms with Crippen molar-refractivity contribution < 1.29 is 57.2 Å². The number of methoxy groups -OCH3 is 1. The van der Waals surface area contributed by atoms with Gasteiger partial charge in [0.15, 0.2) is 0 Å².